The maximum atomic E-state index is 13.1. The van der Waals surface area contributed by atoms with Gasteiger partial charge in [0.15, 0.2) is 0 Å². The summed E-state index contributed by atoms with van der Waals surface area (Å²) in [5, 5.41) is 5.47. The van der Waals surface area contributed by atoms with Crippen LogP contribution in [0.2, 0.25) is 0 Å². The molecule has 9 nitrogen and oxygen atoms in total. The van der Waals surface area contributed by atoms with E-state index in [4.69, 9.17) is 0 Å². The summed E-state index contributed by atoms with van der Waals surface area (Å²) in [6.45, 7) is 3.80. The van der Waals surface area contributed by atoms with Crippen molar-refractivity contribution in [2.75, 3.05) is 28.6 Å². The highest BCUT2D eigenvalue weighted by molar-refractivity contribution is 7.89. The van der Waals surface area contributed by atoms with Crippen molar-refractivity contribution in [2.24, 2.45) is 0 Å². The van der Waals surface area contributed by atoms with Gasteiger partial charge in [0.2, 0.25) is 27.7 Å². The van der Waals surface area contributed by atoms with Gasteiger partial charge in [0.05, 0.1) is 4.90 Å². The molecule has 34 heavy (non-hydrogen) atoms. The number of rotatable bonds is 5. The molecule has 0 saturated carbocycles. The summed E-state index contributed by atoms with van der Waals surface area (Å²) in [6.07, 6.45) is 2.93. The summed E-state index contributed by atoms with van der Waals surface area (Å²) in [7, 11) is -3.62. The monoisotopic (exact) mass is 484 g/mol. The lowest BCUT2D eigenvalue weighted by Gasteiger charge is -2.26. The van der Waals surface area contributed by atoms with Gasteiger partial charge in [-0.2, -0.15) is 4.31 Å². The first-order valence-electron chi connectivity index (χ1n) is 11.3. The normalized spacial score (nSPS) is 18.3. The Labute approximate surface area is 199 Å². The van der Waals surface area contributed by atoms with Crippen LogP contribution in [0.1, 0.15) is 38.7 Å². The Balaban J connectivity index is 1.54. The van der Waals surface area contributed by atoms with E-state index in [1.807, 2.05) is 0 Å². The first-order valence-corrected chi connectivity index (χ1v) is 12.7. The minimum Gasteiger partial charge on any atom is -0.326 e. The van der Waals surface area contributed by atoms with Crippen LogP contribution in [-0.4, -0.2) is 49.6 Å². The molecule has 0 radical (unpaired) electrons. The topological polar surface area (TPSA) is 116 Å². The van der Waals surface area contributed by atoms with E-state index in [2.05, 4.69) is 10.6 Å². The summed E-state index contributed by atoms with van der Waals surface area (Å²) in [4.78, 5) is 38.3. The van der Waals surface area contributed by atoms with Crippen LogP contribution < -0.4 is 15.5 Å². The van der Waals surface area contributed by atoms with E-state index in [-0.39, 0.29) is 29.0 Å². The Morgan fingerprint density at radius 2 is 1.50 bits per heavy atom. The maximum Gasteiger partial charge on any atom is 0.247 e. The highest BCUT2D eigenvalue weighted by Crippen LogP contribution is 2.35. The number of piperidine rings is 1. The van der Waals surface area contributed by atoms with E-state index in [1.54, 1.807) is 36.4 Å². The van der Waals surface area contributed by atoms with Crippen LogP contribution in [-0.2, 0) is 30.8 Å². The van der Waals surface area contributed by atoms with Crippen molar-refractivity contribution in [3.05, 3.63) is 48.0 Å². The maximum absolute atomic E-state index is 13.1. The second-order valence-electron chi connectivity index (χ2n) is 8.61. The molecule has 1 saturated heterocycles. The number of carbonyl (C=O) groups is 3. The second-order valence-corrected chi connectivity index (χ2v) is 10.5. The molecule has 0 aliphatic carbocycles. The van der Waals surface area contributed by atoms with Gasteiger partial charge in [0, 0.05) is 50.4 Å². The zero-order valence-corrected chi connectivity index (χ0v) is 20.0. The lowest BCUT2D eigenvalue weighted by Crippen LogP contribution is -2.44. The van der Waals surface area contributed by atoms with E-state index in [1.165, 1.54) is 29.1 Å². The smallest absolute Gasteiger partial charge is 0.247 e. The predicted molar refractivity (Wildman–Crippen MR) is 129 cm³/mol. The fraction of sp³-hybridized carbons (Fsp3) is 0.375. The van der Waals surface area contributed by atoms with Crippen LogP contribution in [0.15, 0.2) is 47.4 Å². The van der Waals surface area contributed by atoms with Crippen molar-refractivity contribution in [2.45, 2.75) is 50.5 Å². The summed E-state index contributed by atoms with van der Waals surface area (Å²) in [5.41, 5.74) is 2.32. The predicted octanol–water partition coefficient (Wildman–Crippen LogP) is 2.74. The number of nitrogens with one attached hydrogen (secondary N) is 2. The van der Waals surface area contributed by atoms with Gasteiger partial charge in [-0.15, -0.1) is 0 Å². The third-order valence-corrected chi connectivity index (χ3v) is 8.00. The number of sulfonamides is 1. The summed E-state index contributed by atoms with van der Waals surface area (Å²) in [5.74, 6) is -0.870. The number of hydrogen-bond donors (Lipinski definition) is 2. The van der Waals surface area contributed by atoms with Gasteiger partial charge in [0.1, 0.15) is 6.04 Å². The third-order valence-electron chi connectivity index (χ3n) is 6.10. The Bertz CT molecular complexity index is 1220. The van der Waals surface area contributed by atoms with E-state index < -0.39 is 16.1 Å². The first-order chi connectivity index (χ1) is 16.2. The lowest BCUT2D eigenvalue weighted by molar-refractivity contribution is -0.122. The molecule has 2 aliphatic rings. The number of fused-ring (bicyclic) bond motifs is 1. The number of amides is 3. The van der Waals surface area contributed by atoms with E-state index in [0.717, 1.165) is 19.3 Å². The molecular weight excluding hydrogens is 456 g/mol. The SMILES string of the molecule is CC(=O)Nc1ccc(NC(=O)[C@H]2Cc3cc(S(=O)(=O)N4CCCCC4)ccc3N2C(C)=O)cc1. The molecular formula is C24H28N4O5S. The van der Waals surface area contributed by atoms with E-state index in [0.29, 0.717) is 35.7 Å². The fourth-order valence-corrected chi connectivity index (χ4v) is 6.08. The van der Waals surface area contributed by atoms with Crippen LogP contribution in [0, 0.1) is 0 Å². The van der Waals surface area contributed by atoms with E-state index in [9.17, 15) is 22.8 Å². The van der Waals surface area contributed by atoms with Gasteiger partial charge in [-0.1, -0.05) is 6.42 Å². The Morgan fingerprint density at radius 1 is 0.882 bits per heavy atom. The molecule has 0 spiro atoms. The van der Waals surface area contributed by atoms with Crippen molar-refractivity contribution in [1.82, 2.24) is 4.31 Å². The number of anilines is 3. The Hall–Kier alpha value is -3.24. The molecule has 2 N–H and O–H groups in total. The highest BCUT2D eigenvalue weighted by atomic mass is 32.2. The highest BCUT2D eigenvalue weighted by Gasteiger charge is 2.38. The first kappa shape index (κ1) is 23.9. The molecule has 3 amide bonds. The summed E-state index contributed by atoms with van der Waals surface area (Å²) in [6, 6.07) is 10.6. The van der Waals surface area contributed by atoms with Gasteiger partial charge in [-0.25, -0.2) is 8.42 Å². The number of hydrogen-bond acceptors (Lipinski definition) is 5. The van der Waals surface area contributed by atoms with Crippen LogP contribution in [0.5, 0.6) is 0 Å². The molecule has 0 unspecified atom stereocenters. The van der Waals surface area contributed by atoms with Crippen LogP contribution in [0.25, 0.3) is 0 Å². The second kappa shape index (κ2) is 9.55. The van der Waals surface area contributed by atoms with Crippen molar-refractivity contribution >= 4 is 44.8 Å². The molecule has 10 heteroatoms. The average Bonchev–Trinajstić information content (AvgIpc) is 3.20. The lowest BCUT2D eigenvalue weighted by atomic mass is 10.1. The largest absolute Gasteiger partial charge is 0.326 e. The molecule has 2 heterocycles. The minimum absolute atomic E-state index is 0.186. The number of carbonyl (C=O) groups excluding carboxylic acids is 3. The van der Waals surface area contributed by atoms with Crippen molar-refractivity contribution in [1.29, 1.82) is 0 Å². The molecule has 0 aromatic heterocycles. The zero-order chi connectivity index (χ0) is 24.5. The third kappa shape index (κ3) is 4.83. The average molecular weight is 485 g/mol. The molecule has 0 bridgehead atoms. The van der Waals surface area contributed by atoms with Gasteiger partial charge < -0.3 is 10.6 Å². The van der Waals surface area contributed by atoms with Gasteiger partial charge in [-0.3, -0.25) is 19.3 Å². The molecule has 180 valence electrons. The van der Waals surface area contributed by atoms with Crippen molar-refractivity contribution < 1.29 is 22.8 Å². The number of benzene rings is 2. The molecule has 2 aromatic carbocycles. The molecule has 2 aromatic rings. The van der Waals surface area contributed by atoms with Gasteiger partial charge in [-0.05, 0) is 60.9 Å². The van der Waals surface area contributed by atoms with Crippen LogP contribution in [0.3, 0.4) is 0 Å². The fourth-order valence-electron chi connectivity index (χ4n) is 4.51. The van der Waals surface area contributed by atoms with Crippen molar-refractivity contribution in [3.8, 4) is 0 Å². The molecule has 2 aliphatic heterocycles. The number of nitrogens with zero attached hydrogens (tertiary/aromatic N) is 2. The Kier molecular flexibility index (Phi) is 6.72. The van der Waals surface area contributed by atoms with Crippen molar-refractivity contribution in [3.63, 3.8) is 0 Å². The molecule has 4 rings (SSSR count). The van der Waals surface area contributed by atoms with Gasteiger partial charge >= 0.3 is 0 Å². The van der Waals surface area contributed by atoms with Crippen LogP contribution >= 0.6 is 0 Å². The van der Waals surface area contributed by atoms with E-state index >= 15 is 0 Å². The summed E-state index contributed by atoms with van der Waals surface area (Å²) < 4.78 is 27.7. The molecule has 1 fully saturated rings. The van der Waals surface area contributed by atoms with Crippen LogP contribution in [0.4, 0.5) is 17.1 Å². The minimum atomic E-state index is -3.62. The standard InChI is InChI=1S/C24H28N4O5S/c1-16(29)25-19-6-8-20(9-7-19)26-24(31)23-15-18-14-21(10-11-22(18)28(23)17(2)30)34(32,33)27-12-4-3-5-13-27/h6-11,14,23H,3-5,12-13,15H2,1-2H3,(H,25,29)(H,26,31)/t23-/m1/s1. The quantitative estimate of drug-likeness (QED) is 0.677. The zero-order valence-electron chi connectivity index (χ0n) is 19.2. The summed E-state index contributed by atoms with van der Waals surface area (Å²) >= 11 is 0. The Morgan fingerprint density at radius 3 is 2.09 bits per heavy atom. The molecule has 1 atom stereocenters. The van der Waals surface area contributed by atoms with Gasteiger partial charge in [0.25, 0.3) is 0 Å².